The smallest absolute Gasteiger partial charge is 0.236 e. The molecule has 2 aromatic heterocycles. The Morgan fingerprint density at radius 2 is 2.23 bits per heavy atom. The lowest BCUT2D eigenvalue weighted by Gasteiger charge is -2.22. The Morgan fingerprint density at radius 1 is 1.32 bits per heavy atom. The van der Waals surface area contributed by atoms with Crippen LogP contribution in [0.25, 0.3) is 0 Å². The quantitative estimate of drug-likeness (QED) is 0.855. The SMILES string of the molecule is Cc1cccc(CN2C[C@H]3COC[C@@]3(c3nc(C)no3)C2)n1. The predicted molar refractivity (Wildman–Crippen MR) is 79.3 cm³/mol. The molecule has 0 amide bonds. The molecule has 0 aromatic carbocycles. The zero-order valence-electron chi connectivity index (χ0n) is 13.0. The maximum atomic E-state index is 5.73. The van der Waals surface area contributed by atoms with Gasteiger partial charge in [-0.1, -0.05) is 11.2 Å². The molecule has 0 aliphatic carbocycles. The van der Waals surface area contributed by atoms with Crippen LogP contribution < -0.4 is 0 Å². The first kappa shape index (κ1) is 13.8. The Morgan fingerprint density at radius 3 is 3.00 bits per heavy atom. The number of aryl methyl sites for hydroxylation is 2. The molecule has 0 unspecified atom stereocenters. The Hall–Kier alpha value is -1.79. The standard InChI is InChI=1S/C16H20N4O2/c1-11-4-3-5-14(17-11)7-20-6-13-8-21-10-16(13,9-20)15-18-12(2)19-22-15/h3-5,13H,6-10H2,1-2H3/t13-,16-/m0/s1. The van der Waals surface area contributed by atoms with E-state index in [1.54, 1.807) is 0 Å². The zero-order chi connectivity index (χ0) is 15.2. The van der Waals surface area contributed by atoms with Crippen LogP contribution in [0.2, 0.25) is 0 Å². The molecule has 116 valence electrons. The number of pyridine rings is 1. The topological polar surface area (TPSA) is 64.3 Å². The van der Waals surface area contributed by atoms with Crippen LogP contribution in [0.4, 0.5) is 0 Å². The average molecular weight is 300 g/mol. The van der Waals surface area contributed by atoms with Crippen molar-refractivity contribution in [3.05, 3.63) is 41.3 Å². The molecule has 0 radical (unpaired) electrons. The molecule has 2 saturated heterocycles. The maximum Gasteiger partial charge on any atom is 0.236 e. The highest BCUT2D eigenvalue weighted by Gasteiger charge is 2.55. The van der Waals surface area contributed by atoms with Gasteiger partial charge in [0.15, 0.2) is 5.82 Å². The van der Waals surface area contributed by atoms with Crippen molar-refractivity contribution in [2.75, 3.05) is 26.3 Å². The minimum absolute atomic E-state index is 0.148. The monoisotopic (exact) mass is 300 g/mol. The number of hydrogen-bond donors (Lipinski definition) is 0. The summed E-state index contributed by atoms with van der Waals surface area (Å²) in [6.45, 7) is 8.03. The molecule has 0 N–H and O–H groups in total. The minimum Gasteiger partial charge on any atom is -0.380 e. The summed E-state index contributed by atoms with van der Waals surface area (Å²) in [7, 11) is 0. The van der Waals surface area contributed by atoms with Gasteiger partial charge in [0.05, 0.1) is 24.3 Å². The van der Waals surface area contributed by atoms with Gasteiger partial charge in [-0.2, -0.15) is 4.98 Å². The molecular weight excluding hydrogens is 280 g/mol. The summed E-state index contributed by atoms with van der Waals surface area (Å²) in [5.41, 5.74) is 2.02. The highest BCUT2D eigenvalue weighted by Crippen LogP contribution is 2.43. The van der Waals surface area contributed by atoms with Gasteiger partial charge in [0.2, 0.25) is 5.89 Å². The Kier molecular flexibility index (Phi) is 3.23. The van der Waals surface area contributed by atoms with Crippen molar-refractivity contribution in [3.8, 4) is 0 Å². The van der Waals surface area contributed by atoms with E-state index in [4.69, 9.17) is 9.26 Å². The molecule has 4 heterocycles. The second-order valence-corrected chi connectivity index (χ2v) is 6.45. The Balaban J connectivity index is 1.57. The number of rotatable bonds is 3. The summed E-state index contributed by atoms with van der Waals surface area (Å²) < 4.78 is 11.2. The molecule has 2 fully saturated rings. The molecule has 22 heavy (non-hydrogen) atoms. The van der Waals surface area contributed by atoms with E-state index in [1.807, 2.05) is 19.9 Å². The second-order valence-electron chi connectivity index (χ2n) is 6.45. The largest absolute Gasteiger partial charge is 0.380 e. The first-order chi connectivity index (χ1) is 10.7. The molecule has 2 aliphatic heterocycles. The van der Waals surface area contributed by atoms with Crippen molar-refractivity contribution in [2.24, 2.45) is 5.92 Å². The third-order valence-electron chi connectivity index (χ3n) is 4.73. The van der Waals surface area contributed by atoms with Crippen LogP contribution in [-0.4, -0.2) is 46.3 Å². The lowest BCUT2D eigenvalue weighted by molar-refractivity contribution is 0.137. The molecule has 6 nitrogen and oxygen atoms in total. The number of fused-ring (bicyclic) bond motifs is 1. The summed E-state index contributed by atoms with van der Waals surface area (Å²) in [5.74, 6) is 1.83. The van der Waals surface area contributed by atoms with Gasteiger partial charge in [-0.3, -0.25) is 9.88 Å². The molecule has 2 aromatic rings. The molecule has 0 spiro atoms. The van der Waals surface area contributed by atoms with E-state index in [9.17, 15) is 0 Å². The highest BCUT2D eigenvalue weighted by atomic mass is 16.5. The fraction of sp³-hybridized carbons (Fsp3) is 0.562. The van der Waals surface area contributed by atoms with E-state index in [0.717, 1.165) is 43.5 Å². The summed E-state index contributed by atoms with van der Waals surface area (Å²) in [6.07, 6.45) is 0. The van der Waals surface area contributed by atoms with Crippen LogP contribution in [0, 0.1) is 19.8 Å². The minimum atomic E-state index is -0.148. The second kappa shape index (κ2) is 5.14. The van der Waals surface area contributed by atoms with Crippen LogP contribution in [-0.2, 0) is 16.7 Å². The normalized spacial score (nSPS) is 28.2. The van der Waals surface area contributed by atoms with E-state index in [1.165, 1.54) is 0 Å². The summed E-state index contributed by atoms with van der Waals surface area (Å²) in [6, 6.07) is 6.18. The first-order valence-corrected chi connectivity index (χ1v) is 7.69. The van der Waals surface area contributed by atoms with E-state index < -0.39 is 0 Å². The zero-order valence-corrected chi connectivity index (χ0v) is 13.0. The molecule has 0 bridgehead atoms. The lowest BCUT2D eigenvalue weighted by Crippen LogP contribution is -2.36. The van der Waals surface area contributed by atoms with Crippen molar-refractivity contribution in [1.82, 2.24) is 20.0 Å². The maximum absolute atomic E-state index is 5.73. The summed E-state index contributed by atoms with van der Waals surface area (Å²) in [5, 5.41) is 3.96. The van der Waals surface area contributed by atoms with Crippen molar-refractivity contribution >= 4 is 0 Å². The molecule has 0 saturated carbocycles. The number of likely N-dealkylation sites (tertiary alicyclic amines) is 1. The van der Waals surface area contributed by atoms with E-state index in [2.05, 4.69) is 32.2 Å². The number of nitrogens with zero attached hydrogens (tertiary/aromatic N) is 4. The number of hydrogen-bond acceptors (Lipinski definition) is 6. The number of ether oxygens (including phenoxy) is 1. The van der Waals surface area contributed by atoms with Gasteiger partial charge < -0.3 is 9.26 Å². The van der Waals surface area contributed by atoms with Crippen molar-refractivity contribution in [3.63, 3.8) is 0 Å². The third kappa shape index (κ3) is 2.23. The van der Waals surface area contributed by atoms with Crippen LogP contribution in [0.3, 0.4) is 0 Å². The van der Waals surface area contributed by atoms with Gasteiger partial charge in [0.25, 0.3) is 0 Å². The Bertz CT molecular complexity index is 686. The first-order valence-electron chi connectivity index (χ1n) is 7.69. The van der Waals surface area contributed by atoms with Crippen molar-refractivity contribution in [1.29, 1.82) is 0 Å². The highest BCUT2D eigenvalue weighted by molar-refractivity contribution is 5.18. The summed E-state index contributed by atoms with van der Waals surface area (Å²) >= 11 is 0. The predicted octanol–water partition coefficient (Wildman–Crippen LogP) is 1.48. The fourth-order valence-electron chi connectivity index (χ4n) is 3.68. The van der Waals surface area contributed by atoms with E-state index >= 15 is 0 Å². The van der Waals surface area contributed by atoms with Crippen LogP contribution in [0.15, 0.2) is 22.7 Å². The van der Waals surface area contributed by atoms with Gasteiger partial charge in [0, 0.05) is 31.2 Å². The molecular formula is C16H20N4O2. The van der Waals surface area contributed by atoms with Gasteiger partial charge >= 0.3 is 0 Å². The fourth-order valence-corrected chi connectivity index (χ4v) is 3.68. The summed E-state index contributed by atoms with van der Waals surface area (Å²) in [4.78, 5) is 11.5. The lowest BCUT2D eigenvalue weighted by atomic mass is 9.81. The van der Waals surface area contributed by atoms with Gasteiger partial charge in [0.1, 0.15) is 0 Å². The average Bonchev–Trinajstić information content (AvgIpc) is 3.12. The van der Waals surface area contributed by atoms with Gasteiger partial charge in [-0.15, -0.1) is 0 Å². The molecule has 6 heteroatoms. The van der Waals surface area contributed by atoms with E-state index in [-0.39, 0.29) is 5.41 Å². The van der Waals surface area contributed by atoms with Crippen molar-refractivity contribution in [2.45, 2.75) is 25.8 Å². The van der Waals surface area contributed by atoms with Crippen molar-refractivity contribution < 1.29 is 9.26 Å². The van der Waals surface area contributed by atoms with Gasteiger partial charge in [-0.05, 0) is 26.0 Å². The number of aromatic nitrogens is 3. The van der Waals surface area contributed by atoms with Gasteiger partial charge in [-0.25, -0.2) is 0 Å². The van der Waals surface area contributed by atoms with Crippen LogP contribution in [0.1, 0.15) is 23.1 Å². The molecule has 4 rings (SSSR count). The third-order valence-corrected chi connectivity index (χ3v) is 4.73. The Labute approximate surface area is 129 Å². The van der Waals surface area contributed by atoms with Crippen LogP contribution in [0.5, 0.6) is 0 Å². The van der Waals surface area contributed by atoms with E-state index in [0.29, 0.717) is 18.3 Å². The molecule has 2 atom stereocenters. The van der Waals surface area contributed by atoms with Crippen LogP contribution >= 0.6 is 0 Å². The molecule has 2 aliphatic rings.